The number of hydrogen-bond donors (Lipinski definition) is 1. The molecule has 1 aromatic heterocycles. The molecule has 1 N–H and O–H groups in total. The fraction of sp³-hybridized carbons (Fsp3) is 0.211. The van der Waals surface area contributed by atoms with Gasteiger partial charge in [0.15, 0.2) is 5.82 Å². The van der Waals surface area contributed by atoms with Crippen LogP contribution in [0.5, 0.6) is 5.75 Å². The first kappa shape index (κ1) is 18.4. The highest BCUT2D eigenvalue weighted by Crippen LogP contribution is 2.15. The zero-order valence-corrected chi connectivity index (χ0v) is 15.0. The predicted octanol–water partition coefficient (Wildman–Crippen LogP) is 1.83. The third kappa shape index (κ3) is 4.05. The van der Waals surface area contributed by atoms with Gasteiger partial charge < -0.3 is 10.1 Å². The number of carbonyl (C=O) groups is 1. The van der Waals surface area contributed by atoms with Crippen LogP contribution in [-0.2, 0) is 13.6 Å². The van der Waals surface area contributed by atoms with Crippen LogP contribution in [0, 0.1) is 5.82 Å². The molecule has 1 amide bonds. The van der Waals surface area contributed by atoms with Gasteiger partial charge in [-0.2, -0.15) is 0 Å². The molecule has 0 atom stereocenters. The Labute approximate surface area is 155 Å². The number of nitrogens with one attached hydrogen (secondary N) is 1. The van der Waals surface area contributed by atoms with Crippen LogP contribution in [0.15, 0.2) is 53.3 Å². The summed E-state index contributed by atoms with van der Waals surface area (Å²) in [4.78, 5) is 24.5. The van der Waals surface area contributed by atoms with E-state index >= 15 is 0 Å². The molecule has 3 aromatic rings. The SMILES string of the molecule is COc1ccc(C(=O)NCCn2nc(-c3ccc(F)cc3)n(C)c2=O)cc1. The van der Waals surface area contributed by atoms with Gasteiger partial charge in [-0.3, -0.25) is 9.36 Å². The molecule has 1 heterocycles. The molecule has 0 aliphatic carbocycles. The molecule has 2 aromatic carbocycles. The number of hydrogen-bond acceptors (Lipinski definition) is 4. The Balaban J connectivity index is 1.66. The Bertz CT molecular complexity index is 991. The zero-order chi connectivity index (χ0) is 19.4. The van der Waals surface area contributed by atoms with Crippen LogP contribution >= 0.6 is 0 Å². The molecule has 0 aliphatic heterocycles. The lowest BCUT2D eigenvalue weighted by molar-refractivity contribution is 0.0951. The molecule has 0 bridgehead atoms. The quantitative estimate of drug-likeness (QED) is 0.718. The number of benzene rings is 2. The van der Waals surface area contributed by atoms with Crippen molar-refractivity contribution in [2.45, 2.75) is 6.54 Å². The van der Waals surface area contributed by atoms with Gasteiger partial charge in [-0.25, -0.2) is 13.9 Å². The molecule has 0 fully saturated rings. The van der Waals surface area contributed by atoms with Crippen molar-refractivity contribution in [3.63, 3.8) is 0 Å². The molecule has 140 valence electrons. The molecule has 0 aliphatic rings. The second kappa shape index (κ2) is 7.86. The largest absolute Gasteiger partial charge is 0.497 e. The molecular formula is C19H19FN4O3. The minimum Gasteiger partial charge on any atom is -0.497 e. The van der Waals surface area contributed by atoms with Gasteiger partial charge in [-0.1, -0.05) is 0 Å². The van der Waals surface area contributed by atoms with E-state index in [0.29, 0.717) is 22.7 Å². The first-order valence-electron chi connectivity index (χ1n) is 8.31. The van der Waals surface area contributed by atoms with Gasteiger partial charge in [0.2, 0.25) is 0 Å². The second-order valence-corrected chi connectivity index (χ2v) is 5.88. The molecule has 0 radical (unpaired) electrons. The summed E-state index contributed by atoms with van der Waals surface area (Å²) in [5.41, 5.74) is 0.821. The lowest BCUT2D eigenvalue weighted by Gasteiger charge is -2.05. The van der Waals surface area contributed by atoms with Crippen molar-refractivity contribution in [1.29, 1.82) is 0 Å². The topological polar surface area (TPSA) is 78.2 Å². The minimum atomic E-state index is -0.357. The van der Waals surface area contributed by atoms with Crippen molar-refractivity contribution in [2.75, 3.05) is 13.7 Å². The molecule has 0 unspecified atom stereocenters. The summed E-state index contributed by atoms with van der Waals surface area (Å²) in [6.45, 7) is 0.459. The highest BCUT2D eigenvalue weighted by molar-refractivity contribution is 5.94. The highest BCUT2D eigenvalue weighted by atomic mass is 19.1. The van der Waals surface area contributed by atoms with Crippen LogP contribution in [0.1, 0.15) is 10.4 Å². The average molecular weight is 370 g/mol. The summed E-state index contributed by atoms with van der Waals surface area (Å²) in [5, 5.41) is 7.03. The van der Waals surface area contributed by atoms with Crippen LogP contribution in [-0.4, -0.2) is 33.9 Å². The van der Waals surface area contributed by atoms with E-state index in [9.17, 15) is 14.0 Å². The Hall–Kier alpha value is -3.42. The second-order valence-electron chi connectivity index (χ2n) is 5.88. The summed E-state index contributed by atoms with van der Waals surface area (Å²) in [7, 11) is 3.15. The standard InChI is InChI=1S/C19H19FN4O3/c1-23-17(13-3-7-15(20)8-4-13)22-24(19(23)26)12-11-21-18(25)14-5-9-16(27-2)10-6-14/h3-10H,11-12H2,1-2H3,(H,21,25). The van der Waals surface area contributed by atoms with E-state index < -0.39 is 0 Å². The molecule has 27 heavy (non-hydrogen) atoms. The summed E-state index contributed by atoms with van der Waals surface area (Å²) in [5.74, 6) is 0.492. The van der Waals surface area contributed by atoms with Crippen LogP contribution in [0.25, 0.3) is 11.4 Å². The predicted molar refractivity (Wildman–Crippen MR) is 98.2 cm³/mol. The molecule has 8 heteroatoms. The maximum absolute atomic E-state index is 13.1. The number of aromatic nitrogens is 3. The highest BCUT2D eigenvalue weighted by Gasteiger charge is 2.12. The minimum absolute atomic E-state index is 0.218. The van der Waals surface area contributed by atoms with Crippen LogP contribution in [0.3, 0.4) is 0 Å². The molecular weight excluding hydrogens is 351 g/mol. The van der Waals surface area contributed by atoms with E-state index in [1.54, 1.807) is 50.6 Å². The van der Waals surface area contributed by atoms with Gasteiger partial charge >= 0.3 is 5.69 Å². The van der Waals surface area contributed by atoms with E-state index in [4.69, 9.17) is 4.74 Å². The number of amides is 1. The number of carbonyl (C=O) groups excluding carboxylic acids is 1. The maximum Gasteiger partial charge on any atom is 0.345 e. The zero-order valence-electron chi connectivity index (χ0n) is 15.0. The van der Waals surface area contributed by atoms with Crippen molar-refractivity contribution < 1.29 is 13.9 Å². The molecule has 0 spiro atoms. The van der Waals surface area contributed by atoms with Crippen molar-refractivity contribution >= 4 is 5.91 Å². The smallest absolute Gasteiger partial charge is 0.345 e. The Morgan fingerprint density at radius 3 is 2.44 bits per heavy atom. The maximum atomic E-state index is 13.1. The van der Waals surface area contributed by atoms with Crippen molar-refractivity contribution in [1.82, 2.24) is 19.7 Å². The van der Waals surface area contributed by atoms with E-state index in [0.717, 1.165) is 0 Å². The van der Waals surface area contributed by atoms with Crippen molar-refractivity contribution in [2.24, 2.45) is 7.05 Å². The van der Waals surface area contributed by atoms with Crippen molar-refractivity contribution in [3.8, 4) is 17.1 Å². The van der Waals surface area contributed by atoms with Crippen LogP contribution in [0.2, 0.25) is 0 Å². The van der Waals surface area contributed by atoms with Crippen LogP contribution < -0.4 is 15.7 Å². The van der Waals surface area contributed by atoms with Crippen LogP contribution in [0.4, 0.5) is 4.39 Å². The number of nitrogens with zero attached hydrogens (tertiary/aromatic N) is 3. The number of ether oxygens (including phenoxy) is 1. The Morgan fingerprint density at radius 2 is 1.81 bits per heavy atom. The summed E-state index contributed by atoms with van der Waals surface area (Å²) in [6.07, 6.45) is 0. The van der Waals surface area contributed by atoms with Gasteiger partial charge in [-0.05, 0) is 48.5 Å². The summed E-state index contributed by atoms with van der Waals surface area (Å²) >= 11 is 0. The first-order valence-corrected chi connectivity index (χ1v) is 8.31. The monoisotopic (exact) mass is 370 g/mol. The normalized spacial score (nSPS) is 10.6. The third-order valence-corrected chi connectivity index (χ3v) is 4.10. The van der Waals surface area contributed by atoms with E-state index in [1.807, 2.05) is 0 Å². The van der Waals surface area contributed by atoms with Gasteiger partial charge in [0.1, 0.15) is 11.6 Å². The van der Waals surface area contributed by atoms with Gasteiger partial charge in [-0.15, -0.1) is 5.10 Å². The van der Waals surface area contributed by atoms with Gasteiger partial charge in [0.25, 0.3) is 5.91 Å². The Kier molecular flexibility index (Phi) is 5.35. The van der Waals surface area contributed by atoms with E-state index in [1.165, 1.54) is 21.4 Å². The number of rotatable bonds is 6. The Morgan fingerprint density at radius 1 is 1.15 bits per heavy atom. The number of halogens is 1. The molecule has 3 rings (SSSR count). The fourth-order valence-electron chi connectivity index (χ4n) is 2.60. The van der Waals surface area contributed by atoms with E-state index in [-0.39, 0.29) is 30.5 Å². The van der Waals surface area contributed by atoms with Gasteiger partial charge in [0, 0.05) is 24.7 Å². The summed E-state index contributed by atoms with van der Waals surface area (Å²) in [6, 6.07) is 12.5. The lowest BCUT2D eigenvalue weighted by Crippen LogP contribution is -2.31. The summed E-state index contributed by atoms with van der Waals surface area (Å²) < 4.78 is 20.8. The molecule has 7 nitrogen and oxygen atoms in total. The average Bonchev–Trinajstić information content (AvgIpc) is 2.97. The van der Waals surface area contributed by atoms with Crippen molar-refractivity contribution in [3.05, 3.63) is 70.4 Å². The molecule has 0 saturated carbocycles. The van der Waals surface area contributed by atoms with E-state index in [2.05, 4.69) is 10.4 Å². The fourth-order valence-corrected chi connectivity index (χ4v) is 2.60. The van der Waals surface area contributed by atoms with Gasteiger partial charge in [0.05, 0.1) is 13.7 Å². The molecule has 0 saturated heterocycles. The lowest BCUT2D eigenvalue weighted by atomic mass is 10.2. The third-order valence-electron chi connectivity index (χ3n) is 4.10. The first-order chi connectivity index (χ1) is 13.0. The number of methoxy groups -OCH3 is 1.